The molecule has 0 aliphatic rings. The third-order valence-electron chi connectivity index (χ3n) is 5.28. The maximum Gasteiger partial charge on any atom is 0.268 e. The van der Waals surface area contributed by atoms with Gasteiger partial charge in [-0.1, -0.05) is 24.3 Å². The highest BCUT2D eigenvalue weighted by Gasteiger charge is 2.26. The predicted molar refractivity (Wildman–Crippen MR) is 134 cm³/mol. The lowest BCUT2D eigenvalue weighted by atomic mass is 10.1. The van der Waals surface area contributed by atoms with Gasteiger partial charge in [0.15, 0.2) is 0 Å². The van der Waals surface area contributed by atoms with Crippen LogP contribution in [0.4, 0.5) is 10.1 Å². The zero-order valence-corrected chi connectivity index (χ0v) is 20.7. The number of aryl methyl sites for hydroxylation is 2. The molecule has 2 heterocycles. The van der Waals surface area contributed by atoms with E-state index in [0.717, 1.165) is 21.6 Å². The maximum atomic E-state index is 14.4. The Morgan fingerprint density at radius 1 is 1.09 bits per heavy atom. The number of para-hydroxylation sites is 1. The number of thiophene rings is 1. The molecular weight excluding hydrogens is 451 g/mol. The van der Waals surface area contributed by atoms with E-state index in [1.807, 2.05) is 62.7 Å². The van der Waals surface area contributed by atoms with Crippen molar-refractivity contribution in [1.82, 2.24) is 15.1 Å². The molecule has 4 aromatic rings. The third kappa shape index (κ3) is 4.87. The standard InChI is InChI=1S/C26H27FN4O2S/c1-16-11-12-19(13-21(16)27)30(15-23(32)28-26(3,4)5)24(33)22-14-20-17(2)29-31(25(20)34-22)18-9-7-6-8-10-18/h6-14H,15H2,1-5H3,(H,28,32). The predicted octanol–water partition coefficient (Wildman–Crippen LogP) is 5.40. The number of anilines is 1. The van der Waals surface area contributed by atoms with Crippen LogP contribution in [-0.2, 0) is 4.79 Å². The third-order valence-corrected chi connectivity index (χ3v) is 6.38. The summed E-state index contributed by atoms with van der Waals surface area (Å²) in [6.07, 6.45) is 0. The van der Waals surface area contributed by atoms with Gasteiger partial charge in [-0.15, -0.1) is 11.3 Å². The first-order valence-electron chi connectivity index (χ1n) is 11.0. The van der Waals surface area contributed by atoms with Crippen molar-refractivity contribution in [3.8, 4) is 5.69 Å². The lowest BCUT2D eigenvalue weighted by Gasteiger charge is -2.26. The molecule has 0 saturated heterocycles. The number of halogens is 1. The van der Waals surface area contributed by atoms with Gasteiger partial charge in [-0.25, -0.2) is 9.07 Å². The van der Waals surface area contributed by atoms with Crippen molar-refractivity contribution in [2.45, 2.75) is 40.2 Å². The summed E-state index contributed by atoms with van der Waals surface area (Å²) in [5.74, 6) is -1.12. The number of hydrogen-bond donors (Lipinski definition) is 1. The van der Waals surface area contributed by atoms with Crippen molar-refractivity contribution in [3.63, 3.8) is 0 Å². The van der Waals surface area contributed by atoms with Gasteiger partial charge in [0.1, 0.15) is 17.2 Å². The lowest BCUT2D eigenvalue weighted by Crippen LogP contribution is -2.47. The zero-order valence-electron chi connectivity index (χ0n) is 19.8. The van der Waals surface area contributed by atoms with Gasteiger partial charge in [0.25, 0.3) is 5.91 Å². The van der Waals surface area contributed by atoms with Crippen molar-refractivity contribution in [2.75, 3.05) is 11.4 Å². The topological polar surface area (TPSA) is 67.2 Å². The molecule has 2 aromatic heterocycles. The molecule has 0 spiro atoms. The summed E-state index contributed by atoms with van der Waals surface area (Å²) in [6, 6.07) is 16.0. The Morgan fingerprint density at radius 3 is 2.44 bits per heavy atom. The van der Waals surface area contributed by atoms with Crippen molar-refractivity contribution >= 4 is 39.1 Å². The summed E-state index contributed by atoms with van der Waals surface area (Å²) in [7, 11) is 0. The molecule has 1 N–H and O–H groups in total. The highest BCUT2D eigenvalue weighted by molar-refractivity contribution is 7.20. The molecule has 0 aliphatic heterocycles. The van der Waals surface area contributed by atoms with Crippen molar-refractivity contribution in [1.29, 1.82) is 0 Å². The molecule has 6 nitrogen and oxygen atoms in total. The van der Waals surface area contributed by atoms with Gasteiger partial charge in [-0.2, -0.15) is 5.10 Å². The smallest absolute Gasteiger partial charge is 0.268 e. The van der Waals surface area contributed by atoms with Crippen LogP contribution in [0.15, 0.2) is 54.6 Å². The van der Waals surface area contributed by atoms with Gasteiger partial charge >= 0.3 is 0 Å². The Hall–Kier alpha value is -3.52. The minimum absolute atomic E-state index is 0.226. The average molecular weight is 479 g/mol. The van der Waals surface area contributed by atoms with Gasteiger partial charge < -0.3 is 5.32 Å². The fourth-order valence-electron chi connectivity index (χ4n) is 3.66. The van der Waals surface area contributed by atoms with E-state index in [4.69, 9.17) is 0 Å². The summed E-state index contributed by atoms with van der Waals surface area (Å²) in [6.45, 7) is 8.93. The number of rotatable bonds is 5. The van der Waals surface area contributed by atoms with Crippen LogP contribution in [0.25, 0.3) is 15.9 Å². The number of benzene rings is 2. The second-order valence-electron chi connectivity index (χ2n) is 9.29. The van der Waals surface area contributed by atoms with E-state index in [-0.39, 0.29) is 18.4 Å². The van der Waals surface area contributed by atoms with Crippen molar-refractivity contribution in [3.05, 3.63) is 76.5 Å². The highest BCUT2D eigenvalue weighted by atomic mass is 32.1. The van der Waals surface area contributed by atoms with E-state index in [1.54, 1.807) is 25.1 Å². The molecular formula is C26H27FN4O2S. The Morgan fingerprint density at radius 2 is 1.79 bits per heavy atom. The van der Waals surface area contributed by atoms with Crippen LogP contribution in [0.5, 0.6) is 0 Å². The molecule has 2 aromatic carbocycles. The van der Waals surface area contributed by atoms with Gasteiger partial charge in [-0.3, -0.25) is 14.5 Å². The van der Waals surface area contributed by atoms with E-state index in [0.29, 0.717) is 16.1 Å². The molecule has 0 fully saturated rings. The summed E-state index contributed by atoms with van der Waals surface area (Å²) < 4.78 is 16.2. The normalized spacial score (nSPS) is 11.6. The SMILES string of the molecule is Cc1ccc(N(CC(=O)NC(C)(C)C)C(=O)c2cc3c(C)nn(-c4ccccc4)c3s2)cc1F. The quantitative estimate of drug-likeness (QED) is 0.417. The number of amides is 2. The van der Waals surface area contributed by atoms with Gasteiger partial charge in [0.05, 0.1) is 16.3 Å². The molecule has 0 saturated carbocycles. The van der Waals surface area contributed by atoms with E-state index in [9.17, 15) is 14.0 Å². The first-order chi connectivity index (χ1) is 16.0. The summed E-state index contributed by atoms with van der Waals surface area (Å²) in [5, 5.41) is 8.36. The highest BCUT2D eigenvalue weighted by Crippen LogP contribution is 2.32. The molecule has 2 amide bonds. The molecule has 34 heavy (non-hydrogen) atoms. The fraction of sp³-hybridized carbons (Fsp3) is 0.269. The number of carbonyl (C=O) groups excluding carboxylic acids is 2. The van der Waals surface area contributed by atoms with E-state index >= 15 is 0 Å². The number of carbonyl (C=O) groups is 2. The van der Waals surface area contributed by atoms with Gasteiger partial charge in [0.2, 0.25) is 5.91 Å². The Balaban J connectivity index is 1.75. The minimum atomic E-state index is -0.460. The average Bonchev–Trinajstić information content (AvgIpc) is 3.34. The maximum absolute atomic E-state index is 14.4. The molecule has 0 atom stereocenters. The lowest BCUT2D eigenvalue weighted by molar-refractivity contribution is -0.121. The van der Waals surface area contributed by atoms with Crippen molar-refractivity contribution < 1.29 is 14.0 Å². The van der Waals surface area contributed by atoms with E-state index < -0.39 is 11.4 Å². The first kappa shape index (κ1) is 23.6. The largest absolute Gasteiger partial charge is 0.350 e. The molecule has 0 radical (unpaired) electrons. The number of fused-ring (bicyclic) bond motifs is 1. The Labute approximate surface area is 202 Å². The molecule has 0 aliphatic carbocycles. The van der Waals surface area contributed by atoms with Crippen LogP contribution < -0.4 is 10.2 Å². The molecule has 0 bridgehead atoms. The van der Waals surface area contributed by atoms with Crippen LogP contribution in [0, 0.1) is 19.7 Å². The van der Waals surface area contributed by atoms with Crippen LogP contribution >= 0.6 is 11.3 Å². The summed E-state index contributed by atoms with van der Waals surface area (Å²) >= 11 is 1.30. The number of nitrogens with zero attached hydrogens (tertiary/aromatic N) is 3. The molecule has 0 unspecified atom stereocenters. The molecule has 8 heteroatoms. The molecule has 176 valence electrons. The number of nitrogens with one attached hydrogen (secondary N) is 1. The Bertz CT molecular complexity index is 1370. The first-order valence-corrected chi connectivity index (χ1v) is 11.8. The van der Waals surface area contributed by atoms with Crippen molar-refractivity contribution in [2.24, 2.45) is 0 Å². The van der Waals surface area contributed by atoms with Crippen LogP contribution in [0.2, 0.25) is 0 Å². The van der Waals surface area contributed by atoms with E-state index in [1.165, 1.54) is 22.3 Å². The zero-order chi connectivity index (χ0) is 24.6. The second-order valence-corrected chi connectivity index (χ2v) is 10.3. The van der Waals surface area contributed by atoms with Crippen LogP contribution in [0.1, 0.15) is 41.7 Å². The van der Waals surface area contributed by atoms with E-state index in [2.05, 4.69) is 10.4 Å². The summed E-state index contributed by atoms with van der Waals surface area (Å²) in [4.78, 5) is 29.0. The van der Waals surface area contributed by atoms with Crippen LogP contribution in [0.3, 0.4) is 0 Å². The second kappa shape index (κ2) is 9.02. The monoisotopic (exact) mass is 478 g/mol. The number of aromatic nitrogens is 2. The number of hydrogen-bond acceptors (Lipinski definition) is 4. The van der Waals surface area contributed by atoms with Crippen LogP contribution in [-0.4, -0.2) is 33.7 Å². The molecule has 4 rings (SSSR count). The van der Waals surface area contributed by atoms with Gasteiger partial charge in [-0.05, 0) is 70.5 Å². The minimum Gasteiger partial charge on any atom is -0.350 e. The fourth-order valence-corrected chi connectivity index (χ4v) is 4.79. The Kier molecular flexibility index (Phi) is 6.27. The van der Waals surface area contributed by atoms with Gasteiger partial charge in [0, 0.05) is 16.6 Å². The summed E-state index contributed by atoms with van der Waals surface area (Å²) in [5.41, 5.74) is 2.03.